The maximum Gasteiger partial charge on any atom is 0.272 e. The van der Waals surface area contributed by atoms with Gasteiger partial charge in [0.05, 0.1) is 18.9 Å². The number of amides is 1. The van der Waals surface area contributed by atoms with Gasteiger partial charge in [0.25, 0.3) is 5.91 Å². The number of carbonyl (C=O) groups excluding carboxylic acids is 1. The number of ether oxygens (including phenoxy) is 2. The van der Waals surface area contributed by atoms with Crippen molar-refractivity contribution in [1.29, 1.82) is 0 Å². The van der Waals surface area contributed by atoms with Crippen LogP contribution in [0.5, 0.6) is 11.5 Å². The molecule has 148 valence electrons. The fraction of sp³-hybridized carbons (Fsp3) is 0.174. The number of rotatable bonds is 7. The van der Waals surface area contributed by atoms with Gasteiger partial charge in [-0.1, -0.05) is 18.2 Å². The molecule has 1 heterocycles. The Labute approximate surface area is 170 Å². The highest BCUT2D eigenvalue weighted by molar-refractivity contribution is 5.94. The van der Waals surface area contributed by atoms with E-state index in [4.69, 9.17) is 9.47 Å². The van der Waals surface area contributed by atoms with E-state index in [0.717, 1.165) is 33.8 Å². The van der Waals surface area contributed by atoms with E-state index in [1.54, 1.807) is 31.7 Å². The lowest BCUT2D eigenvalue weighted by molar-refractivity contribution is 0.0955. The molecule has 3 aromatic rings. The van der Waals surface area contributed by atoms with Crippen molar-refractivity contribution in [2.24, 2.45) is 5.10 Å². The van der Waals surface area contributed by atoms with Crippen LogP contribution in [0.2, 0.25) is 0 Å². The number of aryl methyl sites for hydroxylation is 2. The molecule has 0 aliphatic carbocycles. The van der Waals surface area contributed by atoms with E-state index in [2.05, 4.69) is 15.5 Å². The molecule has 0 saturated heterocycles. The highest BCUT2D eigenvalue weighted by atomic mass is 16.5. The van der Waals surface area contributed by atoms with E-state index < -0.39 is 0 Å². The van der Waals surface area contributed by atoms with Crippen molar-refractivity contribution in [3.63, 3.8) is 0 Å². The van der Waals surface area contributed by atoms with Gasteiger partial charge in [-0.25, -0.2) is 5.43 Å². The molecule has 0 unspecified atom stereocenters. The van der Waals surface area contributed by atoms with Gasteiger partial charge in [0, 0.05) is 18.0 Å². The molecule has 0 aliphatic rings. The molecule has 2 aromatic carbocycles. The van der Waals surface area contributed by atoms with Gasteiger partial charge < -0.3 is 9.47 Å². The van der Waals surface area contributed by atoms with E-state index >= 15 is 0 Å². The van der Waals surface area contributed by atoms with Crippen molar-refractivity contribution in [3.05, 3.63) is 88.7 Å². The predicted molar refractivity (Wildman–Crippen MR) is 113 cm³/mol. The second-order valence-corrected chi connectivity index (χ2v) is 6.52. The van der Waals surface area contributed by atoms with E-state index in [1.807, 2.05) is 50.2 Å². The molecule has 0 saturated carbocycles. The van der Waals surface area contributed by atoms with Crippen LogP contribution in [0.3, 0.4) is 0 Å². The monoisotopic (exact) mass is 389 g/mol. The Morgan fingerprint density at radius 2 is 1.93 bits per heavy atom. The first-order valence-electron chi connectivity index (χ1n) is 9.18. The summed E-state index contributed by atoms with van der Waals surface area (Å²) in [6.45, 7) is 4.40. The zero-order valence-electron chi connectivity index (χ0n) is 16.7. The van der Waals surface area contributed by atoms with E-state index in [0.29, 0.717) is 12.2 Å². The summed E-state index contributed by atoms with van der Waals surface area (Å²) in [4.78, 5) is 15.9. The summed E-state index contributed by atoms with van der Waals surface area (Å²) in [6, 6.07) is 15.1. The number of hydrogen-bond donors (Lipinski definition) is 1. The molecule has 0 spiro atoms. The molecule has 0 fully saturated rings. The first-order valence-corrected chi connectivity index (χ1v) is 9.18. The summed E-state index contributed by atoms with van der Waals surface area (Å²) in [5, 5.41) is 4.03. The molecule has 0 bridgehead atoms. The molecule has 6 nitrogen and oxygen atoms in total. The Bertz CT molecular complexity index is 997. The molecule has 29 heavy (non-hydrogen) atoms. The van der Waals surface area contributed by atoms with Crippen molar-refractivity contribution < 1.29 is 14.3 Å². The van der Waals surface area contributed by atoms with Gasteiger partial charge in [0.2, 0.25) is 0 Å². The number of nitrogens with one attached hydrogen (secondary N) is 1. The number of hydrazone groups is 1. The summed E-state index contributed by atoms with van der Waals surface area (Å²) in [5.41, 5.74) is 6.81. The minimum Gasteiger partial charge on any atom is -0.496 e. The number of para-hydroxylation sites is 1. The van der Waals surface area contributed by atoms with Crippen LogP contribution in [-0.4, -0.2) is 24.2 Å². The lowest BCUT2D eigenvalue weighted by atomic mass is 10.1. The number of nitrogens with zero attached hydrogens (tertiary/aromatic N) is 2. The third-order valence-electron chi connectivity index (χ3n) is 4.39. The number of aromatic nitrogens is 1. The smallest absolute Gasteiger partial charge is 0.272 e. The average Bonchev–Trinajstić information content (AvgIpc) is 2.74. The Morgan fingerprint density at radius 1 is 1.14 bits per heavy atom. The fourth-order valence-electron chi connectivity index (χ4n) is 2.90. The van der Waals surface area contributed by atoms with Crippen molar-refractivity contribution in [1.82, 2.24) is 10.4 Å². The third-order valence-corrected chi connectivity index (χ3v) is 4.39. The van der Waals surface area contributed by atoms with E-state index in [-0.39, 0.29) is 5.91 Å². The van der Waals surface area contributed by atoms with Crippen molar-refractivity contribution in [2.45, 2.75) is 20.5 Å². The first kappa shape index (κ1) is 20.1. The number of benzene rings is 2. The third kappa shape index (κ3) is 5.19. The molecule has 0 radical (unpaired) electrons. The van der Waals surface area contributed by atoms with Gasteiger partial charge in [-0.3, -0.25) is 9.78 Å². The van der Waals surface area contributed by atoms with E-state index in [1.165, 1.54) is 6.20 Å². The number of pyridine rings is 1. The van der Waals surface area contributed by atoms with Gasteiger partial charge in [-0.15, -0.1) is 0 Å². The molecule has 1 N–H and O–H groups in total. The van der Waals surface area contributed by atoms with Crippen LogP contribution in [0, 0.1) is 13.8 Å². The number of hydrogen-bond acceptors (Lipinski definition) is 5. The number of carbonyl (C=O) groups is 1. The molecule has 3 rings (SSSR count). The number of methoxy groups -OCH3 is 1. The van der Waals surface area contributed by atoms with Crippen LogP contribution in [0.1, 0.15) is 32.6 Å². The Balaban J connectivity index is 1.70. The highest BCUT2D eigenvalue weighted by Gasteiger charge is 2.08. The summed E-state index contributed by atoms with van der Waals surface area (Å²) in [7, 11) is 1.62. The summed E-state index contributed by atoms with van der Waals surface area (Å²) >= 11 is 0. The summed E-state index contributed by atoms with van der Waals surface area (Å²) < 4.78 is 11.5. The van der Waals surface area contributed by atoms with Crippen LogP contribution in [0.25, 0.3) is 0 Å². The largest absolute Gasteiger partial charge is 0.496 e. The minimum atomic E-state index is -0.318. The lowest BCUT2D eigenvalue weighted by Gasteiger charge is -2.14. The predicted octanol–water partition coefficient (Wildman–Crippen LogP) is 4.05. The molecule has 1 amide bonds. The normalized spacial score (nSPS) is 10.7. The summed E-state index contributed by atoms with van der Waals surface area (Å²) in [6.07, 6.45) is 4.68. The Kier molecular flexibility index (Phi) is 6.58. The average molecular weight is 389 g/mol. The zero-order valence-corrected chi connectivity index (χ0v) is 16.7. The molecular formula is C23H23N3O3. The van der Waals surface area contributed by atoms with Crippen molar-refractivity contribution >= 4 is 12.1 Å². The zero-order chi connectivity index (χ0) is 20.6. The molecule has 0 aliphatic heterocycles. The Morgan fingerprint density at radius 3 is 2.62 bits per heavy atom. The highest BCUT2D eigenvalue weighted by Crippen LogP contribution is 2.26. The van der Waals surface area contributed by atoms with Crippen LogP contribution in [-0.2, 0) is 6.61 Å². The van der Waals surface area contributed by atoms with Crippen LogP contribution >= 0.6 is 0 Å². The van der Waals surface area contributed by atoms with Gasteiger partial charge in [0.15, 0.2) is 0 Å². The quantitative estimate of drug-likeness (QED) is 0.489. The van der Waals surface area contributed by atoms with Crippen LogP contribution in [0.15, 0.2) is 66.0 Å². The minimum absolute atomic E-state index is 0.318. The van der Waals surface area contributed by atoms with Crippen LogP contribution < -0.4 is 14.9 Å². The van der Waals surface area contributed by atoms with Gasteiger partial charge >= 0.3 is 0 Å². The molecule has 6 heteroatoms. The van der Waals surface area contributed by atoms with Gasteiger partial charge in [-0.05, 0) is 60.9 Å². The topological polar surface area (TPSA) is 72.8 Å². The van der Waals surface area contributed by atoms with Crippen LogP contribution in [0.4, 0.5) is 0 Å². The first-order chi connectivity index (χ1) is 14.1. The fourth-order valence-corrected chi connectivity index (χ4v) is 2.90. The molecular weight excluding hydrogens is 366 g/mol. The second-order valence-electron chi connectivity index (χ2n) is 6.52. The molecule has 1 aromatic heterocycles. The van der Waals surface area contributed by atoms with Gasteiger partial charge in [0.1, 0.15) is 18.1 Å². The second kappa shape index (κ2) is 9.50. The van der Waals surface area contributed by atoms with Crippen molar-refractivity contribution in [3.8, 4) is 11.5 Å². The van der Waals surface area contributed by atoms with Gasteiger partial charge in [-0.2, -0.15) is 5.10 Å². The standard InChI is InChI=1S/C23H23N3O3/c1-16-6-4-7-17(2)22(16)29-15-20-12-18(9-10-21(20)28-3)13-25-26-23(27)19-8-5-11-24-14-19/h4-14H,15H2,1-3H3,(H,26,27)/b25-13-. The van der Waals surface area contributed by atoms with E-state index in [9.17, 15) is 4.79 Å². The SMILES string of the molecule is COc1ccc(/C=N\NC(=O)c2cccnc2)cc1COc1c(C)cccc1C. The maximum atomic E-state index is 12.0. The lowest BCUT2D eigenvalue weighted by Crippen LogP contribution is -2.17. The molecule has 0 atom stereocenters. The maximum absolute atomic E-state index is 12.0. The summed E-state index contributed by atoms with van der Waals surface area (Å²) in [5.74, 6) is 1.28. The van der Waals surface area contributed by atoms with Crippen molar-refractivity contribution in [2.75, 3.05) is 7.11 Å². The Hall–Kier alpha value is -3.67.